The normalized spacial score (nSPS) is 10.9. The fraction of sp³-hybridized carbons (Fsp3) is 0.286. The number of methoxy groups -OCH3 is 1. The molecular weight excluding hydrogens is 422 g/mol. The second kappa shape index (κ2) is 12.4. The third-order valence-corrected chi connectivity index (χ3v) is 3.81. The average molecular weight is 446 g/mol. The summed E-state index contributed by atoms with van der Waals surface area (Å²) in [5, 5.41) is 16.1. The summed E-state index contributed by atoms with van der Waals surface area (Å²) in [4.78, 5) is 7.90. The predicted octanol–water partition coefficient (Wildman–Crippen LogP) is 3.20. The number of nitrogens with zero attached hydrogens (tertiary/aromatic N) is 3. The van der Waals surface area contributed by atoms with Crippen LogP contribution in [0.15, 0.2) is 41.2 Å². The lowest BCUT2D eigenvalue weighted by Gasteiger charge is -2.14. The molecule has 0 aliphatic heterocycles. The summed E-state index contributed by atoms with van der Waals surface area (Å²) in [5.74, 6) is 7.45. The number of hydrogen-bond donors (Lipinski definition) is 3. The number of nitrogen functional groups attached to an aromatic ring is 1. The van der Waals surface area contributed by atoms with Gasteiger partial charge in [0.15, 0.2) is 5.82 Å². The number of ether oxygens (including phenoxy) is 2. The van der Waals surface area contributed by atoms with Gasteiger partial charge in [0, 0.05) is 18.7 Å². The fourth-order valence-corrected chi connectivity index (χ4v) is 2.27. The maximum Gasteiger partial charge on any atom is 0.222 e. The summed E-state index contributed by atoms with van der Waals surface area (Å²) < 4.78 is 15.3. The summed E-state index contributed by atoms with van der Waals surface area (Å²) >= 11 is 6.10. The quantitative estimate of drug-likeness (QED) is 0.387. The molecule has 0 saturated carbocycles. The molecule has 31 heavy (non-hydrogen) atoms. The number of aromatic nitrogens is 3. The van der Waals surface area contributed by atoms with Gasteiger partial charge in [-0.05, 0) is 32.0 Å². The number of hydrogen-bond acceptors (Lipinski definition) is 9. The molecule has 3 aromatic rings. The van der Waals surface area contributed by atoms with E-state index in [2.05, 4.69) is 36.8 Å². The van der Waals surface area contributed by atoms with Crippen molar-refractivity contribution in [2.75, 3.05) is 31.4 Å². The minimum atomic E-state index is -0.717. The minimum Gasteiger partial charge on any atom is -0.489 e. The van der Waals surface area contributed by atoms with Crippen LogP contribution < -0.4 is 15.8 Å². The van der Waals surface area contributed by atoms with Gasteiger partial charge >= 0.3 is 0 Å². The van der Waals surface area contributed by atoms with E-state index in [4.69, 9.17) is 26.8 Å². The molecule has 0 amide bonds. The molecule has 10 heteroatoms. The summed E-state index contributed by atoms with van der Waals surface area (Å²) in [6.45, 7) is 4.28. The molecule has 0 radical (unpaired) electrons. The molecule has 1 aromatic carbocycles. The third-order valence-electron chi connectivity index (χ3n) is 3.53. The predicted molar refractivity (Wildman–Crippen MR) is 118 cm³/mol. The Balaban J connectivity index is 0.000000488. The number of halogens is 1. The van der Waals surface area contributed by atoms with Gasteiger partial charge in [0.2, 0.25) is 5.95 Å². The highest BCUT2D eigenvalue weighted by Crippen LogP contribution is 2.31. The maximum atomic E-state index is 9.31. The lowest BCUT2D eigenvalue weighted by molar-refractivity contribution is 0.146. The highest BCUT2D eigenvalue weighted by atomic mass is 35.5. The maximum absolute atomic E-state index is 9.31. The molecule has 1 atom stereocenters. The van der Waals surface area contributed by atoms with Crippen LogP contribution in [0.1, 0.15) is 18.2 Å². The second-order valence-corrected chi connectivity index (χ2v) is 6.58. The molecule has 0 bridgehead atoms. The van der Waals surface area contributed by atoms with Gasteiger partial charge in [-0.3, -0.25) is 0 Å². The molecule has 4 N–H and O–H groups in total. The first kappa shape index (κ1) is 24.0. The SMILES string of the molecule is COCCOc1ccc(C#CC(C)O)cc1Nc1nc(N)ncc1Cl.Cc1ccno1. The highest BCUT2D eigenvalue weighted by molar-refractivity contribution is 6.32. The van der Waals surface area contributed by atoms with Gasteiger partial charge in [-0.2, -0.15) is 4.98 Å². The number of benzene rings is 1. The van der Waals surface area contributed by atoms with E-state index in [1.54, 1.807) is 44.5 Å². The van der Waals surface area contributed by atoms with Gasteiger partial charge in [0.25, 0.3) is 0 Å². The van der Waals surface area contributed by atoms with Crippen LogP contribution in [0.3, 0.4) is 0 Å². The molecule has 0 aliphatic rings. The Morgan fingerprint density at radius 3 is 2.74 bits per heavy atom. The zero-order chi connectivity index (χ0) is 22.6. The van der Waals surface area contributed by atoms with E-state index < -0.39 is 6.10 Å². The zero-order valence-electron chi connectivity index (χ0n) is 17.4. The number of aliphatic hydroxyl groups is 1. The van der Waals surface area contributed by atoms with Crippen molar-refractivity contribution in [1.82, 2.24) is 15.1 Å². The number of aryl methyl sites for hydroxylation is 1. The Morgan fingerprint density at radius 2 is 2.13 bits per heavy atom. The van der Waals surface area contributed by atoms with Crippen LogP contribution in [0.4, 0.5) is 17.5 Å². The first-order chi connectivity index (χ1) is 14.9. The number of nitrogens with one attached hydrogen (secondary N) is 1. The number of aliphatic hydroxyl groups excluding tert-OH is 1. The molecule has 2 heterocycles. The smallest absolute Gasteiger partial charge is 0.222 e. The van der Waals surface area contributed by atoms with Crippen molar-refractivity contribution in [3.05, 3.63) is 53.0 Å². The molecule has 0 saturated heterocycles. The lowest BCUT2D eigenvalue weighted by atomic mass is 10.1. The van der Waals surface area contributed by atoms with Gasteiger partial charge in [0.1, 0.15) is 29.2 Å². The second-order valence-electron chi connectivity index (χ2n) is 6.17. The molecule has 0 aliphatic carbocycles. The van der Waals surface area contributed by atoms with E-state index >= 15 is 0 Å². The van der Waals surface area contributed by atoms with Crippen LogP contribution in [0, 0.1) is 18.8 Å². The van der Waals surface area contributed by atoms with Crippen LogP contribution in [0.5, 0.6) is 5.75 Å². The Kier molecular flexibility index (Phi) is 9.58. The van der Waals surface area contributed by atoms with Gasteiger partial charge in [0.05, 0.1) is 24.7 Å². The topological polar surface area (TPSA) is 129 Å². The average Bonchev–Trinajstić information content (AvgIpc) is 3.22. The van der Waals surface area contributed by atoms with Gasteiger partial charge < -0.3 is 30.2 Å². The molecule has 9 nitrogen and oxygen atoms in total. The fourth-order valence-electron chi connectivity index (χ4n) is 2.13. The van der Waals surface area contributed by atoms with Gasteiger partial charge in [-0.1, -0.05) is 28.6 Å². The van der Waals surface area contributed by atoms with Crippen LogP contribution in [0.2, 0.25) is 5.02 Å². The largest absolute Gasteiger partial charge is 0.489 e. The van der Waals surface area contributed by atoms with Crippen LogP contribution in [0.25, 0.3) is 0 Å². The van der Waals surface area contributed by atoms with E-state index in [0.29, 0.717) is 41.1 Å². The first-order valence-electron chi connectivity index (χ1n) is 9.26. The van der Waals surface area contributed by atoms with Crippen molar-refractivity contribution >= 4 is 29.1 Å². The molecule has 0 fully saturated rings. The van der Waals surface area contributed by atoms with E-state index in [0.717, 1.165) is 5.76 Å². The van der Waals surface area contributed by atoms with Crippen molar-refractivity contribution in [3.63, 3.8) is 0 Å². The van der Waals surface area contributed by atoms with E-state index in [1.165, 1.54) is 6.20 Å². The van der Waals surface area contributed by atoms with Crippen molar-refractivity contribution in [3.8, 4) is 17.6 Å². The standard InChI is InChI=1S/C17H19ClN4O3.C4H5NO/c1-11(23)3-4-12-5-6-15(25-8-7-24-2)14(9-12)21-16-13(18)10-20-17(19)22-16;1-4-2-3-5-6-4/h5-6,9-11,23H,7-8H2,1-2H3,(H3,19,20,21,22);2-3H,1H3. The molecular formula is C21H24ClN5O4. The van der Waals surface area contributed by atoms with E-state index in [1.807, 2.05) is 6.92 Å². The summed E-state index contributed by atoms with van der Waals surface area (Å²) in [5.41, 5.74) is 6.91. The zero-order valence-corrected chi connectivity index (χ0v) is 18.2. The van der Waals surface area contributed by atoms with Crippen molar-refractivity contribution in [2.45, 2.75) is 20.0 Å². The number of rotatable bonds is 6. The van der Waals surface area contributed by atoms with Crippen molar-refractivity contribution < 1.29 is 19.1 Å². The number of anilines is 3. The van der Waals surface area contributed by atoms with Crippen LogP contribution in [-0.4, -0.2) is 46.7 Å². The van der Waals surface area contributed by atoms with Crippen LogP contribution >= 0.6 is 11.6 Å². The monoisotopic (exact) mass is 445 g/mol. The van der Waals surface area contributed by atoms with E-state index in [-0.39, 0.29) is 5.95 Å². The van der Waals surface area contributed by atoms with Gasteiger partial charge in [-0.15, -0.1) is 0 Å². The van der Waals surface area contributed by atoms with Crippen molar-refractivity contribution in [2.24, 2.45) is 0 Å². The Bertz CT molecular complexity index is 1020. The molecule has 164 valence electrons. The Hall–Kier alpha value is -3.32. The summed E-state index contributed by atoms with van der Waals surface area (Å²) in [7, 11) is 1.60. The van der Waals surface area contributed by atoms with Crippen molar-refractivity contribution in [1.29, 1.82) is 0 Å². The summed E-state index contributed by atoms with van der Waals surface area (Å²) in [6, 6.07) is 7.13. The van der Waals surface area contributed by atoms with Gasteiger partial charge in [-0.25, -0.2) is 4.98 Å². The lowest BCUT2D eigenvalue weighted by Crippen LogP contribution is -2.07. The molecule has 0 spiro atoms. The first-order valence-corrected chi connectivity index (χ1v) is 9.64. The van der Waals surface area contributed by atoms with E-state index in [9.17, 15) is 5.11 Å². The highest BCUT2D eigenvalue weighted by Gasteiger charge is 2.10. The third kappa shape index (κ3) is 8.52. The Morgan fingerprint density at radius 1 is 1.32 bits per heavy atom. The molecule has 3 rings (SSSR count). The molecule has 2 aromatic heterocycles. The van der Waals surface area contributed by atoms with Crippen LogP contribution in [-0.2, 0) is 4.74 Å². The molecule has 1 unspecified atom stereocenters. The number of nitrogens with two attached hydrogens (primary N) is 1. The Labute approximate surface area is 185 Å². The minimum absolute atomic E-state index is 0.0961. The summed E-state index contributed by atoms with van der Waals surface area (Å²) in [6.07, 6.45) is 2.31.